The number of carbonyl (C=O) groups is 2. The van der Waals surface area contributed by atoms with Gasteiger partial charge in [0.25, 0.3) is 5.91 Å². The Morgan fingerprint density at radius 3 is 2.50 bits per heavy atom. The highest BCUT2D eigenvalue weighted by Gasteiger charge is 2.25. The first kappa shape index (κ1) is 21.6. The smallest absolute Gasteiger partial charge is 0.254 e. The van der Waals surface area contributed by atoms with Gasteiger partial charge in [-0.25, -0.2) is 4.39 Å². The van der Waals surface area contributed by atoms with Crippen LogP contribution in [-0.2, 0) is 11.3 Å². The Balaban J connectivity index is 1.49. The lowest BCUT2D eigenvalue weighted by molar-refractivity contribution is -0.917. The van der Waals surface area contributed by atoms with Gasteiger partial charge in [0.05, 0.1) is 58.1 Å². The van der Waals surface area contributed by atoms with E-state index in [9.17, 15) is 14.0 Å². The molecule has 0 radical (unpaired) electrons. The van der Waals surface area contributed by atoms with Crippen LogP contribution in [-0.4, -0.2) is 63.7 Å². The molecular formula is C22H27FN3O4+. The molecule has 7 nitrogen and oxygen atoms in total. The number of rotatable bonds is 7. The summed E-state index contributed by atoms with van der Waals surface area (Å²) in [5, 5.41) is 2.51. The predicted octanol–water partition coefficient (Wildman–Crippen LogP) is 0.500. The Morgan fingerprint density at radius 2 is 1.83 bits per heavy atom. The Bertz CT molecular complexity index is 898. The standard InChI is InChI=1S/C22H26FN3O4/c1-29-17-7-8-20(30-2)16(13-17)15-25-9-11-26(12-10-25)21(27)14-24-22(28)18-5-3-4-6-19(18)23/h3-8,13H,9-12,14-15H2,1-2H3,(H,24,28)/p+1. The third kappa shape index (κ3) is 5.27. The van der Waals surface area contributed by atoms with Crippen molar-refractivity contribution in [3.05, 3.63) is 59.4 Å². The van der Waals surface area contributed by atoms with Crippen LogP contribution in [0.4, 0.5) is 4.39 Å². The van der Waals surface area contributed by atoms with Crippen molar-refractivity contribution in [2.24, 2.45) is 0 Å². The molecule has 160 valence electrons. The maximum atomic E-state index is 13.7. The van der Waals surface area contributed by atoms with Crippen LogP contribution in [0.3, 0.4) is 0 Å². The second-order valence-corrected chi connectivity index (χ2v) is 7.15. The van der Waals surface area contributed by atoms with Crippen molar-refractivity contribution < 1.29 is 28.4 Å². The first-order valence-electron chi connectivity index (χ1n) is 9.86. The summed E-state index contributed by atoms with van der Waals surface area (Å²) in [5.41, 5.74) is 0.996. The van der Waals surface area contributed by atoms with Gasteiger partial charge in [0, 0.05) is 0 Å². The topological polar surface area (TPSA) is 72.3 Å². The van der Waals surface area contributed by atoms with Crippen LogP contribution in [0.1, 0.15) is 15.9 Å². The van der Waals surface area contributed by atoms with E-state index >= 15 is 0 Å². The van der Waals surface area contributed by atoms with E-state index < -0.39 is 11.7 Å². The summed E-state index contributed by atoms with van der Waals surface area (Å²) in [5.74, 6) is 0.239. The molecule has 1 aliphatic rings. The number of carbonyl (C=O) groups excluding carboxylic acids is 2. The van der Waals surface area contributed by atoms with Gasteiger partial charge in [-0.2, -0.15) is 0 Å². The number of nitrogens with one attached hydrogen (secondary N) is 2. The minimum Gasteiger partial charge on any atom is -0.497 e. The minimum atomic E-state index is -0.604. The first-order valence-corrected chi connectivity index (χ1v) is 9.86. The lowest BCUT2D eigenvalue weighted by atomic mass is 10.1. The second-order valence-electron chi connectivity index (χ2n) is 7.15. The van der Waals surface area contributed by atoms with Crippen molar-refractivity contribution in [2.75, 3.05) is 46.9 Å². The molecule has 1 saturated heterocycles. The monoisotopic (exact) mass is 416 g/mol. The Morgan fingerprint density at radius 1 is 1.10 bits per heavy atom. The lowest BCUT2D eigenvalue weighted by Gasteiger charge is -2.32. The molecule has 1 fully saturated rings. The number of methoxy groups -OCH3 is 2. The van der Waals surface area contributed by atoms with Gasteiger partial charge in [-0.05, 0) is 30.3 Å². The molecule has 0 bridgehead atoms. The van der Waals surface area contributed by atoms with Gasteiger partial charge in [0.2, 0.25) is 5.91 Å². The summed E-state index contributed by atoms with van der Waals surface area (Å²) in [6.07, 6.45) is 0. The van der Waals surface area contributed by atoms with Crippen molar-refractivity contribution in [3.63, 3.8) is 0 Å². The van der Waals surface area contributed by atoms with Crippen LogP contribution in [0, 0.1) is 5.82 Å². The molecule has 0 aromatic heterocycles. The van der Waals surface area contributed by atoms with Crippen molar-refractivity contribution in [3.8, 4) is 11.5 Å². The number of amides is 2. The number of benzene rings is 2. The largest absolute Gasteiger partial charge is 0.497 e. The molecule has 2 N–H and O–H groups in total. The summed E-state index contributed by atoms with van der Waals surface area (Å²) in [7, 11) is 3.28. The number of piperazine rings is 1. The second kappa shape index (κ2) is 10.1. The number of hydrogen-bond donors (Lipinski definition) is 2. The van der Waals surface area contributed by atoms with E-state index in [1.807, 2.05) is 18.2 Å². The highest BCUT2D eigenvalue weighted by molar-refractivity contribution is 5.96. The highest BCUT2D eigenvalue weighted by Crippen LogP contribution is 2.23. The molecular weight excluding hydrogens is 389 g/mol. The summed E-state index contributed by atoms with van der Waals surface area (Å²) < 4.78 is 24.4. The fourth-order valence-electron chi connectivity index (χ4n) is 3.55. The number of nitrogens with zero attached hydrogens (tertiary/aromatic N) is 1. The number of halogens is 1. The van der Waals surface area contributed by atoms with Gasteiger partial charge < -0.3 is 24.6 Å². The maximum absolute atomic E-state index is 13.7. The van der Waals surface area contributed by atoms with Crippen LogP contribution in [0.2, 0.25) is 0 Å². The fourth-order valence-corrected chi connectivity index (χ4v) is 3.55. The number of hydrogen-bond acceptors (Lipinski definition) is 4. The van der Waals surface area contributed by atoms with Gasteiger partial charge in [0.1, 0.15) is 23.9 Å². The predicted molar refractivity (Wildman–Crippen MR) is 109 cm³/mol. The Labute approximate surface area is 175 Å². The summed E-state index contributed by atoms with van der Waals surface area (Å²) >= 11 is 0. The number of ether oxygens (including phenoxy) is 2. The molecule has 1 heterocycles. The van der Waals surface area contributed by atoms with Crippen molar-refractivity contribution in [1.29, 1.82) is 0 Å². The quantitative estimate of drug-likeness (QED) is 0.690. The highest BCUT2D eigenvalue weighted by atomic mass is 19.1. The molecule has 2 amide bonds. The normalized spacial score (nSPS) is 14.3. The molecule has 0 saturated carbocycles. The third-order valence-corrected chi connectivity index (χ3v) is 5.27. The van der Waals surface area contributed by atoms with E-state index in [2.05, 4.69) is 5.32 Å². The van der Waals surface area contributed by atoms with Gasteiger partial charge in [-0.1, -0.05) is 12.1 Å². The van der Waals surface area contributed by atoms with Crippen LogP contribution in [0.25, 0.3) is 0 Å². The summed E-state index contributed by atoms with van der Waals surface area (Å²) in [6.45, 7) is 3.38. The minimum absolute atomic E-state index is 0.0631. The van der Waals surface area contributed by atoms with Crippen molar-refractivity contribution in [2.45, 2.75) is 6.54 Å². The Hall–Kier alpha value is -3.13. The SMILES string of the molecule is COc1ccc(OC)c(C[NH+]2CCN(C(=O)CNC(=O)c3ccccc3F)CC2)c1. The summed E-state index contributed by atoms with van der Waals surface area (Å²) in [6, 6.07) is 11.4. The van der Waals surface area contributed by atoms with Crippen molar-refractivity contribution >= 4 is 11.8 Å². The van der Waals surface area contributed by atoms with E-state index in [1.165, 1.54) is 23.1 Å². The van der Waals surface area contributed by atoms with Crippen molar-refractivity contribution in [1.82, 2.24) is 10.2 Å². The zero-order chi connectivity index (χ0) is 21.5. The molecule has 3 rings (SSSR count). The van der Waals surface area contributed by atoms with E-state index in [0.717, 1.165) is 36.7 Å². The molecule has 2 aromatic rings. The van der Waals surface area contributed by atoms with Gasteiger partial charge in [0.15, 0.2) is 0 Å². The molecule has 0 spiro atoms. The zero-order valence-electron chi connectivity index (χ0n) is 17.2. The van der Waals surface area contributed by atoms with E-state index in [-0.39, 0.29) is 18.0 Å². The third-order valence-electron chi connectivity index (χ3n) is 5.27. The maximum Gasteiger partial charge on any atom is 0.254 e. The van der Waals surface area contributed by atoms with Crippen LogP contribution in [0.5, 0.6) is 11.5 Å². The van der Waals surface area contributed by atoms with Crippen LogP contribution < -0.4 is 19.7 Å². The van der Waals surface area contributed by atoms with E-state index in [4.69, 9.17) is 9.47 Å². The fraction of sp³-hybridized carbons (Fsp3) is 0.364. The summed E-state index contributed by atoms with van der Waals surface area (Å²) in [4.78, 5) is 27.6. The zero-order valence-corrected chi connectivity index (χ0v) is 17.2. The van der Waals surface area contributed by atoms with E-state index in [0.29, 0.717) is 13.1 Å². The van der Waals surface area contributed by atoms with E-state index in [1.54, 1.807) is 25.2 Å². The van der Waals surface area contributed by atoms with Gasteiger partial charge in [-0.3, -0.25) is 9.59 Å². The molecule has 0 atom stereocenters. The van der Waals surface area contributed by atoms with Crippen LogP contribution in [0.15, 0.2) is 42.5 Å². The molecule has 0 unspecified atom stereocenters. The average Bonchev–Trinajstić information content (AvgIpc) is 2.78. The molecule has 8 heteroatoms. The molecule has 0 aliphatic carbocycles. The molecule has 30 heavy (non-hydrogen) atoms. The lowest BCUT2D eigenvalue weighted by Crippen LogP contribution is -3.13. The van der Waals surface area contributed by atoms with Gasteiger partial charge in [-0.15, -0.1) is 0 Å². The van der Waals surface area contributed by atoms with Gasteiger partial charge >= 0.3 is 0 Å². The average molecular weight is 416 g/mol. The first-order chi connectivity index (χ1) is 14.5. The number of quaternary nitrogens is 1. The molecule has 1 aliphatic heterocycles. The van der Waals surface area contributed by atoms with Crippen LogP contribution >= 0.6 is 0 Å². The Kier molecular flexibility index (Phi) is 7.24. The molecule has 2 aromatic carbocycles.